The SMILES string of the molecule is C=CC(=O)Nc1cc2c(Nc3ccc(OCc4ccccn4)c(Cl)c3)ncnc2cc1OCCN1CCC(O)CC1. The molecule has 0 radical (unpaired) electrons. The van der Waals surface area contributed by atoms with Crippen molar-refractivity contribution in [3.63, 3.8) is 0 Å². The van der Waals surface area contributed by atoms with E-state index in [-0.39, 0.29) is 12.0 Å². The fourth-order valence-electron chi connectivity index (χ4n) is 4.48. The lowest BCUT2D eigenvalue weighted by Crippen LogP contribution is -2.38. The Bertz CT molecular complexity index is 1510. The van der Waals surface area contributed by atoms with E-state index in [2.05, 4.69) is 37.1 Å². The van der Waals surface area contributed by atoms with Crippen molar-refractivity contribution in [2.24, 2.45) is 0 Å². The first-order chi connectivity index (χ1) is 20.0. The number of aliphatic hydroxyl groups is 1. The predicted molar refractivity (Wildman–Crippen MR) is 159 cm³/mol. The quantitative estimate of drug-likeness (QED) is 0.213. The van der Waals surface area contributed by atoms with Crippen molar-refractivity contribution in [1.29, 1.82) is 0 Å². The van der Waals surface area contributed by atoms with Crippen LogP contribution in [-0.2, 0) is 11.4 Å². The van der Waals surface area contributed by atoms with Crippen molar-refractivity contribution in [3.05, 3.63) is 84.4 Å². The standard InChI is InChI=1S/C30H31ClN6O4/c1-2-29(39)36-26-16-23-25(17-28(26)40-14-13-37-11-8-22(38)9-12-37)33-19-34-30(23)35-20-6-7-27(24(31)15-20)41-18-21-5-3-4-10-32-21/h2-7,10,15-17,19,22,38H,1,8-9,11-14,18H2,(H,36,39)(H,33,34,35). The molecule has 5 rings (SSSR count). The summed E-state index contributed by atoms with van der Waals surface area (Å²) in [5.41, 5.74) is 2.61. The van der Waals surface area contributed by atoms with Gasteiger partial charge in [0, 0.05) is 43.0 Å². The Morgan fingerprint density at radius 1 is 1.10 bits per heavy atom. The average molecular weight is 575 g/mol. The molecule has 0 atom stereocenters. The maximum atomic E-state index is 12.2. The minimum Gasteiger partial charge on any atom is -0.490 e. The Kier molecular flexibility index (Phi) is 9.25. The average Bonchev–Trinajstić information content (AvgIpc) is 2.98. The monoisotopic (exact) mass is 574 g/mol. The van der Waals surface area contributed by atoms with Crippen LogP contribution in [0.15, 0.2) is 73.7 Å². The Morgan fingerprint density at radius 3 is 2.71 bits per heavy atom. The number of carbonyl (C=O) groups excluding carboxylic acids is 1. The molecule has 1 saturated heterocycles. The number of rotatable bonds is 11. The lowest BCUT2D eigenvalue weighted by Gasteiger charge is -2.29. The number of ether oxygens (including phenoxy) is 2. The lowest BCUT2D eigenvalue weighted by molar-refractivity contribution is -0.111. The van der Waals surface area contributed by atoms with Gasteiger partial charge in [0.2, 0.25) is 5.91 Å². The van der Waals surface area contributed by atoms with Crippen LogP contribution in [0.1, 0.15) is 18.5 Å². The first-order valence-corrected chi connectivity index (χ1v) is 13.7. The number of hydrogen-bond donors (Lipinski definition) is 3. The third-order valence-corrected chi connectivity index (χ3v) is 6.99. The highest BCUT2D eigenvalue weighted by atomic mass is 35.5. The number of aliphatic hydroxyl groups excluding tert-OH is 1. The minimum atomic E-state index is -0.362. The first-order valence-electron chi connectivity index (χ1n) is 13.3. The van der Waals surface area contributed by atoms with Gasteiger partial charge in [-0.05, 0) is 55.3 Å². The van der Waals surface area contributed by atoms with Gasteiger partial charge in [-0.3, -0.25) is 14.7 Å². The summed E-state index contributed by atoms with van der Waals surface area (Å²) >= 11 is 6.50. The van der Waals surface area contributed by atoms with Crippen LogP contribution >= 0.6 is 11.6 Å². The van der Waals surface area contributed by atoms with Crippen LogP contribution in [0.25, 0.3) is 10.9 Å². The summed E-state index contributed by atoms with van der Waals surface area (Å²) in [6, 6.07) is 14.6. The Labute approximate surface area is 243 Å². The molecule has 0 unspecified atom stereocenters. The number of hydrogen-bond acceptors (Lipinski definition) is 9. The van der Waals surface area contributed by atoms with Gasteiger partial charge in [-0.2, -0.15) is 0 Å². The van der Waals surface area contributed by atoms with Crippen LogP contribution in [-0.4, -0.2) is 63.2 Å². The summed E-state index contributed by atoms with van der Waals surface area (Å²) < 4.78 is 11.9. The molecule has 4 aromatic rings. The number of benzene rings is 2. The molecule has 3 N–H and O–H groups in total. The maximum absolute atomic E-state index is 12.2. The molecule has 41 heavy (non-hydrogen) atoms. The van der Waals surface area contributed by atoms with E-state index < -0.39 is 0 Å². The number of amides is 1. The molecule has 1 fully saturated rings. The van der Waals surface area contributed by atoms with Gasteiger partial charge in [-0.25, -0.2) is 9.97 Å². The topological polar surface area (TPSA) is 122 Å². The van der Waals surface area contributed by atoms with E-state index in [4.69, 9.17) is 21.1 Å². The number of piperidine rings is 1. The van der Waals surface area contributed by atoms with E-state index >= 15 is 0 Å². The van der Waals surface area contributed by atoms with Crippen molar-refractivity contribution >= 4 is 45.6 Å². The zero-order valence-electron chi connectivity index (χ0n) is 22.4. The second kappa shape index (κ2) is 13.4. The molecule has 0 spiro atoms. The second-order valence-corrected chi connectivity index (χ2v) is 9.99. The maximum Gasteiger partial charge on any atom is 0.247 e. The van der Waals surface area contributed by atoms with Gasteiger partial charge in [0.25, 0.3) is 0 Å². The minimum absolute atomic E-state index is 0.227. The van der Waals surface area contributed by atoms with Gasteiger partial charge in [0.15, 0.2) is 0 Å². The number of nitrogens with one attached hydrogen (secondary N) is 2. The van der Waals surface area contributed by atoms with Crippen molar-refractivity contribution < 1.29 is 19.4 Å². The van der Waals surface area contributed by atoms with Gasteiger partial charge in [0.1, 0.15) is 36.9 Å². The van der Waals surface area contributed by atoms with Crippen molar-refractivity contribution in [2.75, 3.05) is 36.9 Å². The first kappa shape index (κ1) is 28.3. The molecule has 1 amide bonds. The molecule has 0 saturated carbocycles. The number of nitrogens with zero attached hydrogens (tertiary/aromatic N) is 4. The summed E-state index contributed by atoms with van der Waals surface area (Å²) in [6.07, 6.45) is 5.67. The van der Waals surface area contributed by atoms with Gasteiger partial charge in [-0.15, -0.1) is 0 Å². The van der Waals surface area contributed by atoms with Crippen LogP contribution in [0.4, 0.5) is 17.2 Å². The van der Waals surface area contributed by atoms with Crippen LogP contribution in [0, 0.1) is 0 Å². The Morgan fingerprint density at radius 2 is 1.95 bits per heavy atom. The third-order valence-electron chi connectivity index (χ3n) is 6.70. The summed E-state index contributed by atoms with van der Waals surface area (Å²) in [5, 5.41) is 17.0. The number of anilines is 3. The van der Waals surface area contributed by atoms with Crippen LogP contribution in [0.2, 0.25) is 5.02 Å². The summed E-state index contributed by atoms with van der Waals surface area (Å²) in [5.74, 6) is 1.19. The number of likely N-dealkylation sites (tertiary alicyclic amines) is 1. The molecule has 10 nitrogen and oxygen atoms in total. The van der Waals surface area contributed by atoms with E-state index in [1.807, 2.05) is 24.3 Å². The summed E-state index contributed by atoms with van der Waals surface area (Å²) in [6.45, 7) is 6.63. The lowest BCUT2D eigenvalue weighted by atomic mass is 10.1. The Balaban J connectivity index is 1.33. The molecule has 11 heteroatoms. The normalized spacial score (nSPS) is 14.0. The largest absolute Gasteiger partial charge is 0.490 e. The Hall–Kier alpha value is -4.25. The van der Waals surface area contributed by atoms with Crippen LogP contribution < -0.4 is 20.1 Å². The molecule has 0 bridgehead atoms. The molecule has 2 aromatic carbocycles. The van der Waals surface area contributed by atoms with Crippen LogP contribution in [0.3, 0.4) is 0 Å². The number of pyridine rings is 1. The highest BCUT2D eigenvalue weighted by molar-refractivity contribution is 6.32. The van der Waals surface area contributed by atoms with Crippen LogP contribution in [0.5, 0.6) is 11.5 Å². The van der Waals surface area contributed by atoms with Crippen molar-refractivity contribution in [1.82, 2.24) is 19.9 Å². The van der Waals surface area contributed by atoms with Gasteiger partial charge in [0.05, 0.1) is 28.0 Å². The second-order valence-electron chi connectivity index (χ2n) is 9.58. The summed E-state index contributed by atoms with van der Waals surface area (Å²) in [7, 11) is 0. The zero-order chi connectivity index (χ0) is 28.6. The van der Waals surface area contributed by atoms with Crippen molar-refractivity contribution in [3.8, 4) is 11.5 Å². The van der Waals surface area contributed by atoms with Crippen molar-refractivity contribution in [2.45, 2.75) is 25.6 Å². The van der Waals surface area contributed by atoms with E-state index in [9.17, 15) is 9.90 Å². The molecular weight excluding hydrogens is 544 g/mol. The van der Waals surface area contributed by atoms with Gasteiger partial charge in [-0.1, -0.05) is 24.2 Å². The molecule has 1 aliphatic heterocycles. The molecule has 1 aliphatic rings. The van der Waals surface area contributed by atoms with E-state index in [0.29, 0.717) is 64.4 Å². The highest BCUT2D eigenvalue weighted by Gasteiger charge is 2.18. The fraction of sp³-hybridized carbons (Fsp3) is 0.267. The smallest absolute Gasteiger partial charge is 0.247 e. The molecule has 0 aliphatic carbocycles. The zero-order valence-corrected chi connectivity index (χ0v) is 23.2. The molecular formula is C30H31ClN6O4. The highest BCUT2D eigenvalue weighted by Crippen LogP contribution is 2.35. The number of carbonyl (C=O) groups is 1. The predicted octanol–water partition coefficient (Wildman–Crippen LogP) is 4.96. The molecule has 2 aromatic heterocycles. The van der Waals surface area contributed by atoms with E-state index in [0.717, 1.165) is 31.6 Å². The third kappa shape index (κ3) is 7.49. The molecule has 212 valence electrons. The number of fused-ring (bicyclic) bond motifs is 1. The van der Waals surface area contributed by atoms with E-state index in [1.54, 1.807) is 30.5 Å². The fourth-order valence-corrected chi connectivity index (χ4v) is 4.71. The number of halogens is 1. The van der Waals surface area contributed by atoms with E-state index in [1.165, 1.54) is 12.4 Å². The van der Waals surface area contributed by atoms with Gasteiger partial charge >= 0.3 is 0 Å². The molecule has 3 heterocycles. The summed E-state index contributed by atoms with van der Waals surface area (Å²) in [4.78, 5) is 27.6. The van der Waals surface area contributed by atoms with Gasteiger partial charge < -0.3 is 25.2 Å². The number of aromatic nitrogens is 3.